The molecule has 0 atom stereocenters. The zero-order chi connectivity index (χ0) is 6.69. The van der Waals surface area contributed by atoms with E-state index in [1.54, 1.807) is 0 Å². The lowest BCUT2D eigenvalue weighted by Crippen LogP contribution is -1.97. The smallest absolute Gasteiger partial charge is 0.265 e. The average molecular weight is 126 g/mol. The maximum absolute atomic E-state index is 9.87. The minimum absolute atomic E-state index is 0.184. The van der Waals surface area contributed by atoms with E-state index in [0.717, 1.165) is 0 Å². The molecule has 0 aliphatic heterocycles. The molecule has 0 aromatic carbocycles. The van der Waals surface area contributed by atoms with Crippen LogP contribution in [0.1, 0.15) is 5.69 Å². The van der Waals surface area contributed by atoms with Crippen LogP contribution in [-0.2, 0) is 16.3 Å². The normalized spacial score (nSPS) is 9.33. The zero-order valence-electron chi connectivity index (χ0n) is 4.50. The third-order valence-corrected chi connectivity index (χ3v) is 0.793. The minimum Gasteiger partial charge on any atom is -0.265 e. The Morgan fingerprint density at radius 1 is 1.78 bits per heavy atom. The van der Waals surface area contributed by atoms with Gasteiger partial charge in [-0.3, -0.25) is 5.10 Å². The highest BCUT2D eigenvalue weighted by molar-refractivity contribution is 5.68. The van der Waals surface area contributed by atoms with Crippen LogP contribution in [0.25, 0.3) is 0 Å². The molecular formula is C4H4N3O2. The summed E-state index contributed by atoms with van der Waals surface area (Å²) >= 11 is 0. The van der Waals surface area contributed by atoms with E-state index < -0.39 is 5.97 Å². The lowest BCUT2D eigenvalue weighted by atomic mass is 10.3. The monoisotopic (exact) mass is 126 g/mol. The first-order chi connectivity index (χ1) is 4.29. The van der Waals surface area contributed by atoms with Crippen molar-refractivity contribution in [1.29, 1.82) is 0 Å². The van der Waals surface area contributed by atoms with Crippen molar-refractivity contribution in [3.8, 4) is 0 Å². The molecule has 0 unspecified atom stereocenters. The Hall–Kier alpha value is -1.39. The molecule has 9 heavy (non-hydrogen) atoms. The molecule has 0 saturated carbocycles. The third kappa shape index (κ3) is 1.52. The number of carbonyl (C=O) groups is 1. The van der Waals surface area contributed by atoms with E-state index in [0.29, 0.717) is 5.69 Å². The number of aromatic nitrogens is 3. The van der Waals surface area contributed by atoms with Crippen molar-refractivity contribution in [1.82, 2.24) is 15.4 Å². The molecule has 1 N–H and O–H groups in total. The number of H-pyrrole nitrogens is 1. The Labute approximate surface area is 50.7 Å². The Bertz CT molecular complexity index is 194. The fourth-order valence-corrected chi connectivity index (χ4v) is 0.460. The van der Waals surface area contributed by atoms with Crippen LogP contribution in [0.15, 0.2) is 6.20 Å². The zero-order valence-corrected chi connectivity index (χ0v) is 4.50. The van der Waals surface area contributed by atoms with Gasteiger partial charge in [0, 0.05) is 6.20 Å². The van der Waals surface area contributed by atoms with Crippen molar-refractivity contribution in [2.75, 3.05) is 0 Å². The first-order valence-corrected chi connectivity index (χ1v) is 2.34. The number of hydrogen-bond donors (Lipinski definition) is 1. The van der Waals surface area contributed by atoms with Crippen molar-refractivity contribution in [3.05, 3.63) is 11.9 Å². The predicted molar refractivity (Wildman–Crippen MR) is 25.8 cm³/mol. The summed E-state index contributed by atoms with van der Waals surface area (Å²) in [6.45, 7) is 0. The van der Waals surface area contributed by atoms with Crippen molar-refractivity contribution in [2.24, 2.45) is 0 Å². The molecule has 0 amide bonds. The van der Waals surface area contributed by atoms with Crippen LogP contribution in [-0.4, -0.2) is 21.4 Å². The fourth-order valence-electron chi connectivity index (χ4n) is 0.460. The molecule has 1 aromatic heterocycles. The summed E-state index contributed by atoms with van der Waals surface area (Å²) in [5, 5.41) is 19.0. The molecular weight excluding hydrogens is 122 g/mol. The summed E-state index contributed by atoms with van der Waals surface area (Å²) in [5.41, 5.74) is 0.384. The van der Waals surface area contributed by atoms with E-state index in [1.165, 1.54) is 6.20 Å². The maximum atomic E-state index is 9.87. The third-order valence-electron chi connectivity index (χ3n) is 0.793. The van der Waals surface area contributed by atoms with Crippen molar-refractivity contribution in [3.63, 3.8) is 0 Å². The van der Waals surface area contributed by atoms with Gasteiger partial charge in [-0.15, -0.1) is 5.10 Å². The Kier molecular flexibility index (Phi) is 1.44. The number of aromatic amines is 1. The van der Waals surface area contributed by atoms with Crippen LogP contribution in [0.4, 0.5) is 0 Å². The Morgan fingerprint density at radius 3 is 3.00 bits per heavy atom. The summed E-state index contributed by atoms with van der Waals surface area (Å²) in [6, 6.07) is 0. The van der Waals surface area contributed by atoms with E-state index in [-0.39, 0.29) is 6.42 Å². The Morgan fingerprint density at radius 2 is 2.56 bits per heavy atom. The van der Waals surface area contributed by atoms with E-state index in [1.807, 2.05) is 0 Å². The molecule has 0 saturated heterocycles. The van der Waals surface area contributed by atoms with Gasteiger partial charge in [0.1, 0.15) is 0 Å². The average Bonchev–Trinajstić information content (AvgIpc) is 2.15. The molecule has 0 spiro atoms. The van der Waals surface area contributed by atoms with Gasteiger partial charge in [-0.1, -0.05) is 5.21 Å². The summed E-state index contributed by atoms with van der Waals surface area (Å²) in [5.74, 6) is -1.15. The fraction of sp³-hybridized carbons (Fsp3) is 0.250. The molecule has 1 heterocycles. The molecule has 0 aliphatic rings. The minimum atomic E-state index is -1.15. The second-order valence-corrected chi connectivity index (χ2v) is 1.51. The number of rotatable bonds is 2. The highest BCUT2D eigenvalue weighted by atomic mass is 16.4. The van der Waals surface area contributed by atoms with E-state index in [2.05, 4.69) is 15.4 Å². The van der Waals surface area contributed by atoms with Gasteiger partial charge in [-0.25, -0.2) is 9.90 Å². The van der Waals surface area contributed by atoms with Gasteiger partial charge < -0.3 is 0 Å². The van der Waals surface area contributed by atoms with E-state index in [4.69, 9.17) is 0 Å². The van der Waals surface area contributed by atoms with Gasteiger partial charge >= 0.3 is 5.97 Å². The molecule has 0 aliphatic carbocycles. The van der Waals surface area contributed by atoms with Crippen LogP contribution >= 0.6 is 0 Å². The lowest BCUT2D eigenvalue weighted by molar-refractivity contribution is -0.142. The number of nitrogens with zero attached hydrogens (tertiary/aromatic N) is 2. The molecule has 1 radical (unpaired) electrons. The second kappa shape index (κ2) is 2.25. The van der Waals surface area contributed by atoms with Crippen LogP contribution < -0.4 is 0 Å². The molecule has 1 rings (SSSR count). The SMILES string of the molecule is [O]C(=O)Cc1c[nH]nn1. The summed E-state index contributed by atoms with van der Waals surface area (Å²) in [4.78, 5) is 9.87. The molecule has 0 fully saturated rings. The van der Waals surface area contributed by atoms with Gasteiger partial charge in [0.15, 0.2) is 0 Å². The molecule has 47 valence electrons. The molecule has 5 nitrogen and oxygen atoms in total. The first kappa shape index (κ1) is 5.74. The van der Waals surface area contributed by atoms with Gasteiger partial charge in [0.05, 0.1) is 12.1 Å². The largest absolute Gasteiger partial charge is 0.361 e. The molecule has 0 bridgehead atoms. The number of hydrogen-bond acceptors (Lipinski definition) is 3. The van der Waals surface area contributed by atoms with Crippen LogP contribution in [0, 0.1) is 0 Å². The van der Waals surface area contributed by atoms with Crippen molar-refractivity contribution < 1.29 is 9.90 Å². The summed E-state index contributed by atoms with van der Waals surface area (Å²) < 4.78 is 0. The second-order valence-electron chi connectivity index (χ2n) is 1.51. The van der Waals surface area contributed by atoms with E-state index in [9.17, 15) is 9.90 Å². The van der Waals surface area contributed by atoms with E-state index >= 15 is 0 Å². The maximum Gasteiger partial charge on any atom is 0.361 e. The quantitative estimate of drug-likeness (QED) is 0.569. The summed E-state index contributed by atoms with van der Waals surface area (Å²) in [6.07, 6.45) is 1.23. The first-order valence-electron chi connectivity index (χ1n) is 2.34. The standard InChI is InChI=1S/C4H4N3O2/c8-4(9)1-3-2-5-7-6-3/h2H,1H2,(H,5,6,7). The highest BCUT2D eigenvalue weighted by Gasteiger charge is 2.03. The molecule has 5 heteroatoms. The Balaban J connectivity index is 2.58. The topological polar surface area (TPSA) is 78.5 Å². The number of carbonyl (C=O) groups excluding carboxylic acids is 1. The molecule has 1 aromatic rings. The highest BCUT2D eigenvalue weighted by Crippen LogP contribution is 1.88. The van der Waals surface area contributed by atoms with Crippen molar-refractivity contribution >= 4 is 5.97 Å². The number of nitrogens with one attached hydrogen (secondary N) is 1. The predicted octanol–water partition coefficient (Wildman–Crippen LogP) is -0.696. The van der Waals surface area contributed by atoms with Gasteiger partial charge in [-0.05, 0) is 0 Å². The van der Waals surface area contributed by atoms with Gasteiger partial charge in [-0.2, -0.15) is 0 Å². The van der Waals surface area contributed by atoms with Gasteiger partial charge in [0.25, 0.3) is 0 Å². The van der Waals surface area contributed by atoms with Crippen molar-refractivity contribution in [2.45, 2.75) is 6.42 Å². The van der Waals surface area contributed by atoms with Crippen LogP contribution in [0.5, 0.6) is 0 Å². The van der Waals surface area contributed by atoms with Crippen LogP contribution in [0.3, 0.4) is 0 Å². The van der Waals surface area contributed by atoms with Crippen LogP contribution in [0.2, 0.25) is 0 Å². The van der Waals surface area contributed by atoms with Gasteiger partial charge in [0.2, 0.25) is 0 Å². The lowest BCUT2D eigenvalue weighted by Gasteiger charge is -1.79. The summed E-state index contributed by atoms with van der Waals surface area (Å²) in [7, 11) is 0.